The van der Waals surface area contributed by atoms with Crippen LogP contribution in [0.2, 0.25) is 0 Å². The zero-order chi connectivity index (χ0) is 24.8. The molecule has 0 N–H and O–H groups in total. The molecule has 0 aliphatic carbocycles. The van der Waals surface area contributed by atoms with Crippen LogP contribution in [0.4, 0.5) is 4.39 Å². The first-order valence-corrected chi connectivity index (χ1v) is 12.6. The Morgan fingerprint density at radius 3 is 1.38 bits per heavy atom. The SMILES string of the molecule is Fc1ccc(-c2ccccc2-c2c3ccccc3c(-c3cccc4ccccc34)c3ccccc23)cc1. The molecule has 0 nitrogen and oxygen atoms in total. The molecule has 7 aromatic carbocycles. The molecule has 0 saturated carbocycles. The second kappa shape index (κ2) is 8.72. The fourth-order valence-electron chi connectivity index (χ4n) is 5.73. The van der Waals surface area contributed by atoms with Crippen molar-refractivity contribution < 1.29 is 4.39 Å². The van der Waals surface area contributed by atoms with Gasteiger partial charge in [0.25, 0.3) is 0 Å². The molecule has 37 heavy (non-hydrogen) atoms. The molecule has 7 rings (SSSR count). The Labute approximate surface area is 215 Å². The summed E-state index contributed by atoms with van der Waals surface area (Å²) in [6.45, 7) is 0. The van der Waals surface area contributed by atoms with E-state index in [-0.39, 0.29) is 5.82 Å². The molecule has 7 aromatic rings. The lowest BCUT2D eigenvalue weighted by Gasteiger charge is -2.20. The van der Waals surface area contributed by atoms with Gasteiger partial charge in [-0.05, 0) is 77.8 Å². The van der Waals surface area contributed by atoms with Crippen LogP contribution in [0.25, 0.3) is 65.7 Å². The maximum absolute atomic E-state index is 13.8. The van der Waals surface area contributed by atoms with Gasteiger partial charge in [-0.1, -0.05) is 127 Å². The normalized spacial score (nSPS) is 11.4. The Bertz CT molecular complexity index is 1870. The molecule has 0 aromatic heterocycles. The van der Waals surface area contributed by atoms with Crippen molar-refractivity contribution in [2.45, 2.75) is 0 Å². The van der Waals surface area contributed by atoms with E-state index in [0.717, 1.165) is 16.7 Å². The van der Waals surface area contributed by atoms with E-state index < -0.39 is 0 Å². The van der Waals surface area contributed by atoms with Crippen LogP contribution in [0.1, 0.15) is 0 Å². The summed E-state index contributed by atoms with van der Waals surface area (Å²) in [6.07, 6.45) is 0. The Balaban J connectivity index is 1.63. The number of rotatable bonds is 3. The molecule has 174 valence electrons. The third-order valence-electron chi connectivity index (χ3n) is 7.34. The van der Waals surface area contributed by atoms with Gasteiger partial charge in [-0.2, -0.15) is 0 Å². The molecule has 1 heteroatoms. The highest BCUT2D eigenvalue weighted by Gasteiger charge is 2.19. The molecule has 0 saturated heterocycles. The summed E-state index contributed by atoms with van der Waals surface area (Å²) in [7, 11) is 0. The first-order chi connectivity index (χ1) is 18.3. The smallest absolute Gasteiger partial charge is 0.123 e. The van der Waals surface area contributed by atoms with Gasteiger partial charge in [0.15, 0.2) is 0 Å². The van der Waals surface area contributed by atoms with Crippen LogP contribution in [0.3, 0.4) is 0 Å². The van der Waals surface area contributed by atoms with E-state index in [1.165, 1.54) is 61.1 Å². The minimum Gasteiger partial charge on any atom is -0.207 e. The van der Waals surface area contributed by atoms with Crippen LogP contribution in [-0.4, -0.2) is 0 Å². The van der Waals surface area contributed by atoms with Crippen LogP contribution >= 0.6 is 0 Å². The van der Waals surface area contributed by atoms with E-state index in [1.807, 2.05) is 12.1 Å². The van der Waals surface area contributed by atoms with Gasteiger partial charge in [0.2, 0.25) is 0 Å². The molecule has 0 fully saturated rings. The van der Waals surface area contributed by atoms with E-state index in [4.69, 9.17) is 0 Å². The number of hydrogen-bond donors (Lipinski definition) is 0. The largest absolute Gasteiger partial charge is 0.207 e. The zero-order valence-corrected chi connectivity index (χ0v) is 20.2. The maximum atomic E-state index is 13.8. The van der Waals surface area contributed by atoms with Crippen LogP contribution in [0.15, 0.2) is 140 Å². The minimum atomic E-state index is -0.225. The first kappa shape index (κ1) is 21.5. The Morgan fingerprint density at radius 1 is 0.324 bits per heavy atom. The third-order valence-corrected chi connectivity index (χ3v) is 7.34. The number of halogens is 1. The molecule has 0 bridgehead atoms. The summed E-state index contributed by atoms with van der Waals surface area (Å²) in [5.74, 6) is -0.225. The van der Waals surface area contributed by atoms with Crippen LogP contribution in [0, 0.1) is 5.82 Å². The lowest BCUT2D eigenvalue weighted by atomic mass is 9.83. The standard InChI is InChI=1S/C36H23F/c37-26-22-20-25(21-23-26)28-13-3-4-14-29(28)35-31-15-5-7-17-33(31)36(34-18-8-6-16-32(34)35)30-19-9-11-24-10-1-2-12-27(24)30/h1-23H. The lowest BCUT2D eigenvalue weighted by Crippen LogP contribution is -1.93. The molecule has 0 spiro atoms. The molecule has 0 atom stereocenters. The van der Waals surface area contributed by atoms with Crippen molar-refractivity contribution in [1.82, 2.24) is 0 Å². The maximum Gasteiger partial charge on any atom is 0.123 e. The highest BCUT2D eigenvalue weighted by molar-refractivity contribution is 6.24. The van der Waals surface area contributed by atoms with Crippen molar-refractivity contribution in [3.63, 3.8) is 0 Å². The molecule has 0 radical (unpaired) electrons. The second-order valence-electron chi connectivity index (χ2n) is 9.42. The van der Waals surface area contributed by atoms with Crippen molar-refractivity contribution in [3.8, 4) is 33.4 Å². The predicted octanol–water partition coefficient (Wildman–Crippen LogP) is 10.3. The van der Waals surface area contributed by atoms with Gasteiger partial charge in [0.05, 0.1) is 0 Å². The number of benzene rings is 7. The van der Waals surface area contributed by atoms with Crippen LogP contribution in [-0.2, 0) is 0 Å². The van der Waals surface area contributed by atoms with Gasteiger partial charge in [-0.25, -0.2) is 4.39 Å². The second-order valence-corrected chi connectivity index (χ2v) is 9.42. The van der Waals surface area contributed by atoms with E-state index in [2.05, 4.69) is 115 Å². The van der Waals surface area contributed by atoms with E-state index in [9.17, 15) is 4.39 Å². The fraction of sp³-hybridized carbons (Fsp3) is 0. The summed E-state index contributed by atoms with van der Waals surface area (Å²) >= 11 is 0. The van der Waals surface area contributed by atoms with Gasteiger partial charge in [0, 0.05) is 0 Å². The third kappa shape index (κ3) is 3.51. The Kier molecular flexibility index (Phi) is 5.08. The molecular weight excluding hydrogens is 451 g/mol. The van der Waals surface area contributed by atoms with E-state index in [1.54, 1.807) is 0 Å². The summed E-state index contributed by atoms with van der Waals surface area (Å²) in [4.78, 5) is 0. The van der Waals surface area contributed by atoms with Crippen LogP contribution < -0.4 is 0 Å². The van der Waals surface area contributed by atoms with E-state index in [0.29, 0.717) is 0 Å². The predicted molar refractivity (Wildman–Crippen MR) is 155 cm³/mol. The molecular formula is C36H23F. The summed E-state index contributed by atoms with van der Waals surface area (Å²) < 4.78 is 13.8. The quantitative estimate of drug-likeness (QED) is 0.223. The van der Waals surface area contributed by atoms with Gasteiger partial charge in [-0.3, -0.25) is 0 Å². The van der Waals surface area contributed by atoms with Crippen molar-refractivity contribution in [1.29, 1.82) is 0 Å². The summed E-state index contributed by atoms with van der Waals surface area (Å²) in [5.41, 5.74) is 6.94. The van der Waals surface area contributed by atoms with Crippen molar-refractivity contribution >= 4 is 32.3 Å². The topological polar surface area (TPSA) is 0 Å². The number of hydrogen-bond acceptors (Lipinski definition) is 0. The lowest BCUT2D eigenvalue weighted by molar-refractivity contribution is 0.628. The van der Waals surface area contributed by atoms with Gasteiger partial charge in [-0.15, -0.1) is 0 Å². The first-order valence-electron chi connectivity index (χ1n) is 12.6. The Hall–Kier alpha value is -4.75. The summed E-state index contributed by atoms with van der Waals surface area (Å²) in [6, 6.07) is 47.8. The average Bonchev–Trinajstić information content (AvgIpc) is 2.96. The highest BCUT2D eigenvalue weighted by atomic mass is 19.1. The molecule has 0 aliphatic heterocycles. The number of fused-ring (bicyclic) bond motifs is 3. The monoisotopic (exact) mass is 474 g/mol. The fourth-order valence-corrected chi connectivity index (χ4v) is 5.73. The van der Waals surface area contributed by atoms with Gasteiger partial charge < -0.3 is 0 Å². The van der Waals surface area contributed by atoms with Crippen molar-refractivity contribution in [3.05, 3.63) is 145 Å². The van der Waals surface area contributed by atoms with E-state index >= 15 is 0 Å². The minimum absolute atomic E-state index is 0.225. The molecule has 0 amide bonds. The highest BCUT2D eigenvalue weighted by Crippen LogP contribution is 2.47. The molecule has 0 aliphatic rings. The van der Waals surface area contributed by atoms with Gasteiger partial charge >= 0.3 is 0 Å². The Morgan fingerprint density at radius 2 is 0.757 bits per heavy atom. The molecule has 0 unspecified atom stereocenters. The van der Waals surface area contributed by atoms with Gasteiger partial charge in [0.1, 0.15) is 5.82 Å². The van der Waals surface area contributed by atoms with Crippen LogP contribution in [0.5, 0.6) is 0 Å². The van der Waals surface area contributed by atoms with Crippen molar-refractivity contribution in [2.75, 3.05) is 0 Å². The zero-order valence-electron chi connectivity index (χ0n) is 20.2. The average molecular weight is 475 g/mol. The molecule has 0 heterocycles. The summed E-state index contributed by atoms with van der Waals surface area (Å²) in [5, 5.41) is 7.35. The van der Waals surface area contributed by atoms with Crippen molar-refractivity contribution in [2.24, 2.45) is 0 Å².